The number of rotatable bonds is 15. The van der Waals surface area contributed by atoms with E-state index >= 15 is 0 Å². The molecule has 0 aliphatic heterocycles. The Labute approximate surface area is 181 Å². The Morgan fingerprint density at radius 3 is 0.692 bits per heavy atom. The molecule has 0 saturated heterocycles. The van der Waals surface area contributed by atoms with Crippen molar-refractivity contribution in [3.8, 4) is 0 Å². The molecule has 0 aromatic heterocycles. The zero-order valence-electron chi connectivity index (χ0n) is 19.8. The van der Waals surface area contributed by atoms with Crippen LogP contribution in [0.4, 0.5) is 0 Å². The van der Waals surface area contributed by atoms with Gasteiger partial charge in [0, 0.05) is 16.8 Å². The van der Waals surface area contributed by atoms with Gasteiger partial charge in [-0.2, -0.15) is 0 Å². The van der Waals surface area contributed by atoms with E-state index in [1.807, 2.05) is 0 Å². The zero-order chi connectivity index (χ0) is 19.6. The first-order chi connectivity index (χ1) is 11.8. The molecule has 0 atom stereocenters. The molecule has 26 heavy (non-hydrogen) atoms. The van der Waals surface area contributed by atoms with E-state index < -0.39 is 15.1 Å². The van der Waals surface area contributed by atoms with Gasteiger partial charge in [0.25, 0.3) is 0 Å². The van der Waals surface area contributed by atoms with E-state index in [0.717, 1.165) is 57.8 Å². The first kappa shape index (κ1) is 29.2. The first-order valence-corrected chi connectivity index (χ1v) is 12.8. The second kappa shape index (κ2) is 14.1. The van der Waals surface area contributed by atoms with Crippen molar-refractivity contribution in [2.24, 2.45) is 0 Å². The Balaban J connectivity index is 0. The molecule has 0 bridgehead atoms. The summed E-state index contributed by atoms with van der Waals surface area (Å²) in [5.74, 6) is 0. The van der Waals surface area contributed by atoms with Crippen LogP contribution in [-0.2, 0) is 11.4 Å². The minimum absolute atomic E-state index is 0. The van der Waals surface area contributed by atoms with Crippen LogP contribution in [0.5, 0.6) is 0 Å². The Kier molecular flexibility index (Phi) is 15.8. The van der Waals surface area contributed by atoms with Crippen LogP contribution in [0.2, 0.25) is 0 Å². The normalized spacial score (nSPS) is 13.2. The minimum atomic E-state index is -2.71. The summed E-state index contributed by atoms with van der Waals surface area (Å²) in [5.41, 5.74) is -0.287. The van der Waals surface area contributed by atoms with Gasteiger partial charge in [-0.25, -0.2) is 0 Å². The molecule has 0 heterocycles. The summed E-state index contributed by atoms with van der Waals surface area (Å²) in [7, 11) is 0. The number of hydrogen-bond donors (Lipinski definition) is 0. The first-order valence-electron chi connectivity index (χ1n) is 11.0. The van der Waals surface area contributed by atoms with Gasteiger partial charge in [-0.15, -0.1) is 0 Å². The summed E-state index contributed by atoms with van der Waals surface area (Å²) >= 11 is -2.71. The summed E-state index contributed by atoms with van der Waals surface area (Å²) in [5, 5.41) is 0. The summed E-state index contributed by atoms with van der Waals surface area (Å²) in [6.07, 6.45) is 9.13. The van der Waals surface area contributed by atoms with Crippen LogP contribution in [0.15, 0.2) is 0 Å². The van der Waals surface area contributed by atoms with E-state index in [1.54, 1.807) is 0 Å². The maximum absolute atomic E-state index is 6.74. The summed E-state index contributed by atoms with van der Waals surface area (Å²) < 4.78 is 20.2. The van der Waals surface area contributed by atoms with E-state index in [9.17, 15) is 0 Å². The third-order valence-electron chi connectivity index (χ3n) is 7.07. The van der Waals surface area contributed by atoms with Crippen LogP contribution in [0, 0.1) is 0 Å². The van der Waals surface area contributed by atoms with E-state index in [2.05, 4.69) is 62.3 Å². The van der Waals surface area contributed by atoms with Crippen molar-refractivity contribution < 1.29 is 30.2 Å². The molecule has 0 aliphatic carbocycles. The minimum Gasteiger partial charge on any atom is -0.611 e. The second-order valence-electron chi connectivity index (χ2n) is 7.52. The molecular weight excluding hydrogens is 334 g/mol. The summed E-state index contributed by atoms with van der Waals surface area (Å²) in [6.45, 7) is 20.0. The topological polar surface area (TPSA) is 27.7 Å². The molecule has 0 amide bonds. The van der Waals surface area contributed by atoms with E-state index in [-0.39, 0.29) is 35.7 Å². The molecule has 0 aromatic rings. The summed E-state index contributed by atoms with van der Waals surface area (Å²) in [6, 6.07) is 0. The fraction of sp³-hybridized carbons (Fsp3) is 1.00. The van der Waals surface area contributed by atoms with Gasteiger partial charge in [0.1, 0.15) is 0 Å². The molecule has 3 nitrogen and oxygen atoms in total. The van der Waals surface area contributed by atoms with Crippen molar-refractivity contribution in [2.75, 3.05) is 0 Å². The van der Waals surface area contributed by atoms with Crippen molar-refractivity contribution in [3.63, 3.8) is 0 Å². The SMILES string of the molecule is CCC(CC)(CC)[O][AlH-]([O]C(CC)(CC)CC)[O]C(CC)(CC)CC.[Li+]. The van der Waals surface area contributed by atoms with Crippen molar-refractivity contribution in [1.29, 1.82) is 0 Å². The van der Waals surface area contributed by atoms with Gasteiger partial charge in [-0.3, -0.25) is 0 Å². The van der Waals surface area contributed by atoms with Crippen LogP contribution in [0.3, 0.4) is 0 Å². The van der Waals surface area contributed by atoms with Gasteiger partial charge in [0.2, 0.25) is 0 Å². The smallest absolute Gasteiger partial charge is 0.611 e. The Morgan fingerprint density at radius 1 is 0.423 bits per heavy atom. The predicted octanol–water partition coefficient (Wildman–Crippen LogP) is 3.66. The molecule has 0 unspecified atom stereocenters. The van der Waals surface area contributed by atoms with Gasteiger partial charge in [0.05, 0.1) is 0 Å². The van der Waals surface area contributed by atoms with Crippen molar-refractivity contribution >= 4 is 15.1 Å². The van der Waals surface area contributed by atoms with Gasteiger partial charge in [0.15, 0.2) is 0 Å². The van der Waals surface area contributed by atoms with Crippen LogP contribution in [-0.4, -0.2) is 32.0 Å². The third-order valence-corrected chi connectivity index (χ3v) is 9.62. The Bertz CT molecular complexity index is 263. The van der Waals surface area contributed by atoms with Gasteiger partial charge in [-0.05, 0) is 57.8 Å². The molecule has 0 radical (unpaired) electrons. The number of hydrogen-bond acceptors (Lipinski definition) is 3. The molecule has 5 heteroatoms. The molecule has 0 saturated carbocycles. The van der Waals surface area contributed by atoms with Crippen molar-refractivity contribution in [1.82, 2.24) is 0 Å². The monoisotopic (exact) mass is 380 g/mol. The van der Waals surface area contributed by atoms with Crippen LogP contribution >= 0.6 is 0 Å². The fourth-order valence-corrected chi connectivity index (χ4v) is 7.52. The molecule has 0 aromatic carbocycles. The molecule has 0 N–H and O–H groups in total. The van der Waals surface area contributed by atoms with Gasteiger partial charge >= 0.3 is 34.0 Å². The van der Waals surface area contributed by atoms with Crippen molar-refractivity contribution in [2.45, 2.75) is 137 Å². The van der Waals surface area contributed by atoms with Crippen molar-refractivity contribution in [3.05, 3.63) is 0 Å². The predicted molar refractivity (Wildman–Crippen MR) is 111 cm³/mol. The largest absolute Gasteiger partial charge is 1.00 e. The Morgan fingerprint density at radius 2 is 0.577 bits per heavy atom. The van der Waals surface area contributed by atoms with Crippen LogP contribution < -0.4 is 18.9 Å². The third kappa shape index (κ3) is 7.79. The van der Waals surface area contributed by atoms with Gasteiger partial charge in [-0.1, -0.05) is 62.3 Å². The molecule has 152 valence electrons. The quantitative estimate of drug-likeness (QED) is 0.406. The van der Waals surface area contributed by atoms with Crippen LogP contribution in [0.25, 0.3) is 0 Å². The molecule has 0 aliphatic rings. The molecule has 0 spiro atoms. The van der Waals surface area contributed by atoms with E-state index in [0.29, 0.717) is 0 Å². The molecular formula is C21H46AlLiO3. The van der Waals surface area contributed by atoms with E-state index in [4.69, 9.17) is 11.4 Å². The Hall–Kier alpha value is 1.01. The van der Waals surface area contributed by atoms with Crippen LogP contribution in [0.1, 0.15) is 120 Å². The fourth-order valence-electron chi connectivity index (χ4n) is 4.01. The average molecular weight is 381 g/mol. The maximum atomic E-state index is 6.74. The second-order valence-corrected chi connectivity index (χ2v) is 9.09. The maximum Gasteiger partial charge on any atom is 1.00 e. The summed E-state index contributed by atoms with van der Waals surface area (Å²) in [4.78, 5) is 0. The zero-order valence-corrected chi connectivity index (χ0v) is 21.2. The molecule has 0 rings (SSSR count). The van der Waals surface area contributed by atoms with Gasteiger partial charge < -0.3 is 11.4 Å². The standard InChI is InChI=1S/3C7H15O.Al.Li.H/c3*1-4-7(8,5-2)6-3;;;/h3*4-6H2,1-3H3;;;/q3*-1;+2;+1;. The average Bonchev–Trinajstić information content (AvgIpc) is 2.68. The molecule has 0 fully saturated rings. The van der Waals surface area contributed by atoms with E-state index in [1.165, 1.54) is 0 Å².